The number of benzene rings is 1. The fourth-order valence-electron chi connectivity index (χ4n) is 3.71. The van der Waals surface area contributed by atoms with Crippen molar-refractivity contribution in [2.24, 2.45) is 5.92 Å². The van der Waals surface area contributed by atoms with Crippen LogP contribution in [0.15, 0.2) is 28.7 Å². The van der Waals surface area contributed by atoms with Gasteiger partial charge in [-0.1, -0.05) is 48.8 Å². The number of hydrogen-bond donors (Lipinski definition) is 0. The normalized spacial score (nSPS) is 21.9. The van der Waals surface area contributed by atoms with E-state index >= 15 is 0 Å². The van der Waals surface area contributed by atoms with E-state index in [9.17, 15) is 18.0 Å². The van der Waals surface area contributed by atoms with Crippen molar-refractivity contribution in [3.8, 4) is 0 Å². The van der Waals surface area contributed by atoms with Gasteiger partial charge in [-0.25, -0.2) is 0 Å². The van der Waals surface area contributed by atoms with E-state index in [0.717, 1.165) is 4.90 Å². The highest BCUT2D eigenvalue weighted by atomic mass is 79.9. The SMILES string of the molecule is CN(C(=O)C1CCC(O[Si](C)(C)C(C)(C)C)CC1)[C@@H](c1ccc(Br)cc1)C(F)(F)F. The molecule has 0 N–H and O–H groups in total. The number of hydrogen-bond acceptors (Lipinski definition) is 2. The molecule has 0 saturated heterocycles. The second-order valence-corrected chi connectivity index (χ2v) is 15.5. The van der Waals surface area contributed by atoms with E-state index in [2.05, 4.69) is 49.8 Å². The molecule has 0 radical (unpaired) electrons. The Balaban J connectivity index is 2.06. The van der Waals surface area contributed by atoms with Crippen molar-refractivity contribution in [1.29, 1.82) is 0 Å². The molecule has 8 heteroatoms. The van der Waals surface area contributed by atoms with Gasteiger partial charge in [0.05, 0.1) is 0 Å². The van der Waals surface area contributed by atoms with Crippen LogP contribution >= 0.6 is 15.9 Å². The zero-order valence-electron chi connectivity index (χ0n) is 18.6. The van der Waals surface area contributed by atoms with Gasteiger partial charge in [0.15, 0.2) is 14.4 Å². The summed E-state index contributed by atoms with van der Waals surface area (Å²) in [4.78, 5) is 13.8. The number of nitrogens with zero attached hydrogens (tertiary/aromatic N) is 1. The summed E-state index contributed by atoms with van der Waals surface area (Å²) in [6.07, 6.45) is -1.90. The van der Waals surface area contributed by atoms with E-state index in [1.165, 1.54) is 19.2 Å². The van der Waals surface area contributed by atoms with Gasteiger partial charge < -0.3 is 9.33 Å². The third-order valence-corrected chi connectivity index (χ3v) is 11.6. The lowest BCUT2D eigenvalue weighted by molar-refractivity contribution is -0.191. The molecule has 0 aliphatic heterocycles. The monoisotopic (exact) mass is 507 g/mol. The van der Waals surface area contributed by atoms with E-state index in [0.29, 0.717) is 30.2 Å². The Bertz CT molecular complexity index is 723. The van der Waals surface area contributed by atoms with E-state index in [-0.39, 0.29) is 16.7 Å². The molecule has 3 nitrogen and oxygen atoms in total. The molecule has 0 aromatic heterocycles. The molecule has 0 heterocycles. The van der Waals surface area contributed by atoms with Gasteiger partial charge in [-0.05, 0) is 61.5 Å². The fraction of sp³-hybridized carbons (Fsp3) is 0.682. The molecule has 2 rings (SSSR count). The summed E-state index contributed by atoms with van der Waals surface area (Å²) in [6, 6.07) is 4.01. The molecule has 1 aromatic carbocycles. The van der Waals surface area contributed by atoms with Gasteiger partial charge in [0.25, 0.3) is 0 Å². The first-order valence-electron chi connectivity index (χ1n) is 10.4. The van der Waals surface area contributed by atoms with Crippen LogP contribution in [0.1, 0.15) is 58.1 Å². The highest BCUT2D eigenvalue weighted by Gasteiger charge is 2.47. The van der Waals surface area contributed by atoms with Gasteiger partial charge in [0.1, 0.15) is 0 Å². The minimum Gasteiger partial charge on any atom is -0.414 e. The Morgan fingerprint density at radius 1 is 1.10 bits per heavy atom. The second kappa shape index (κ2) is 9.33. The zero-order valence-corrected chi connectivity index (χ0v) is 21.2. The number of carbonyl (C=O) groups excluding carboxylic acids is 1. The van der Waals surface area contributed by atoms with Crippen LogP contribution in [0, 0.1) is 5.92 Å². The summed E-state index contributed by atoms with van der Waals surface area (Å²) in [6.45, 7) is 10.9. The van der Waals surface area contributed by atoms with Crippen molar-refractivity contribution < 1.29 is 22.4 Å². The maximum Gasteiger partial charge on any atom is 0.413 e. The quantitative estimate of drug-likeness (QED) is 0.398. The van der Waals surface area contributed by atoms with Gasteiger partial charge in [-0.15, -0.1) is 0 Å². The maximum atomic E-state index is 13.8. The van der Waals surface area contributed by atoms with Gasteiger partial charge in [-0.3, -0.25) is 4.79 Å². The number of carbonyl (C=O) groups is 1. The topological polar surface area (TPSA) is 29.5 Å². The minimum absolute atomic E-state index is 0.0662. The number of halogens is 4. The molecule has 1 saturated carbocycles. The first kappa shape index (κ1) is 25.4. The van der Waals surface area contributed by atoms with Crippen molar-refractivity contribution in [1.82, 2.24) is 4.90 Å². The first-order valence-corrected chi connectivity index (χ1v) is 14.1. The molecule has 1 aliphatic carbocycles. The lowest BCUT2D eigenvalue weighted by Crippen LogP contribution is -2.46. The molecule has 1 amide bonds. The largest absolute Gasteiger partial charge is 0.414 e. The average Bonchev–Trinajstić information content (AvgIpc) is 2.61. The van der Waals surface area contributed by atoms with E-state index in [4.69, 9.17) is 4.43 Å². The predicted octanol–water partition coefficient (Wildman–Crippen LogP) is 7.09. The predicted molar refractivity (Wildman–Crippen MR) is 120 cm³/mol. The summed E-state index contributed by atoms with van der Waals surface area (Å²) in [5.41, 5.74) is 0.0662. The summed E-state index contributed by atoms with van der Waals surface area (Å²) in [5, 5.41) is 0.102. The lowest BCUT2D eigenvalue weighted by Gasteiger charge is -2.41. The Morgan fingerprint density at radius 3 is 2.03 bits per heavy atom. The Hall–Kier alpha value is -0.863. The summed E-state index contributed by atoms with van der Waals surface area (Å²) in [7, 11) is -0.638. The summed E-state index contributed by atoms with van der Waals surface area (Å²) in [5.74, 6) is -0.833. The van der Waals surface area contributed by atoms with Crippen LogP contribution < -0.4 is 0 Å². The van der Waals surface area contributed by atoms with Crippen LogP contribution in [-0.2, 0) is 9.22 Å². The molecule has 0 bridgehead atoms. The molecular formula is C22H33BrF3NO2Si. The van der Waals surface area contributed by atoms with Crippen molar-refractivity contribution in [3.05, 3.63) is 34.3 Å². The Labute approximate surface area is 187 Å². The first-order chi connectivity index (χ1) is 13.6. The third-order valence-electron chi connectivity index (χ3n) is 6.52. The summed E-state index contributed by atoms with van der Waals surface area (Å²) >= 11 is 3.24. The van der Waals surface area contributed by atoms with Crippen molar-refractivity contribution in [2.75, 3.05) is 7.05 Å². The Kier molecular flexibility index (Phi) is 7.89. The van der Waals surface area contributed by atoms with Crippen LogP contribution in [0.4, 0.5) is 13.2 Å². The highest BCUT2D eigenvalue weighted by Crippen LogP contribution is 2.41. The zero-order chi connectivity index (χ0) is 22.9. The van der Waals surface area contributed by atoms with E-state index in [1.54, 1.807) is 12.1 Å². The molecule has 0 unspecified atom stereocenters. The van der Waals surface area contributed by atoms with Crippen molar-refractivity contribution in [2.45, 2.75) is 82.9 Å². The van der Waals surface area contributed by atoms with Gasteiger partial charge in [0, 0.05) is 23.5 Å². The van der Waals surface area contributed by atoms with E-state index in [1.807, 2.05) is 0 Å². The smallest absolute Gasteiger partial charge is 0.413 e. The van der Waals surface area contributed by atoms with Crippen LogP contribution in [0.3, 0.4) is 0 Å². The maximum absolute atomic E-state index is 13.8. The molecule has 1 aliphatic rings. The van der Waals surface area contributed by atoms with Crippen molar-refractivity contribution in [3.63, 3.8) is 0 Å². The number of rotatable bonds is 5. The minimum atomic E-state index is -4.54. The molecule has 30 heavy (non-hydrogen) atoms. The lowest BCUT2D eigenvalue weighted by atomic mass is 9.86. The fourth-order valence-corrected chi connectivity index (χ4v) is 5.40. The van der Waals surface area contributed by atoms with Gasteiger partial charge >= 0.3 is 6.18 Å². The summed E-state index contributed by atoms with van der Waals surface area (Å²) < 4.78 is 48.6. The van der Waals surface area contributed by atoms with E-state index < -0.39 is 32.4 Å². The molecule has 1 fully saturated rings. The van der Waals surface area contributed by atoms with Crippen LogP contribution in [0.5, 0.6) is 0 Å². The second-order valence-electron chi connectivity index (χ2n) is 9.80. The molecule has 170 valence electrons. The van der Waals surface area contributed by atoms with Gasteiger partial charge in [-0.2, -0.15) is 13.2 Å². The van der Waals surface area contributed by atoms with Crippen LogP contribution in [0.2, 0.25) is 18.1 Å². The average molecular weight is 508 g/mol. The third kappa shape index (κ3) is 6.10. The number of alkyl halides is 3. The Morgan fingerprint density at radius 2 is 1.60 bits per heavy atom. The van der Waals surface area contributed by atoms with Crippen LogP contribution in [-0.4, -0.2) is 38.5 Å². The standard InChI is InChI=1S/C22H33BrF3NO2Si/c1-21(2,3)30(5,6)29-18-13-9-16(10-14-18)20(28)27(4)19(22(24,25)26)15-7-11-17(23)12-8-15/h7-8,11-12,16,18-19H,9-10,13-14H2,1-6H3/t16?,18?,19-/m0/s1. The molecular weight excluding hydrogens is 475 g/mol. The molecule has 1 atom stereocenters. The van der Waals surface area contributed by atoms with Crippen LogP contribution in [0.25, 0.3) is 0 Å². The highest BCUT2D eigenvalue weighted by molar-refractivity contribution is 9.10. The van der Waals surface area contributed by atoms with Gasteiger partial charge in [0.2, 0.25) is 5.91 Å². The number of amides is 1. The molecule has 1 aromatic rings. The molecule has 0 spiro atoms. The van der Waals surface area contributed by atoms with Crippen molar-refractivity contribution >= 4 is 30.2 Å².